The highest BCUT2D eigenvalue weighted by Gasteiger charge is 2.38. The van der Waals surface area contributed by atoms with Crippen LogP contribution in [-0.4, -0.2) is 35.5 Å². The van der Waals surface area contributed by atoms with Crippen molar-refractivity contribution in [2.24, 2.45) is 17.8 Å². The maximum Gasteiger partial charge on any atom is 0.124 e. The lowest BCUT2D eigenvalue weighted by atomic mass is 9.73. The minimum Gasteiger partial charge on any atom is -0.391 e. The van der Waals surface area contributed by atoms with Crippen LogP contribution >= 0.6 is 11.6 Å². The Labute approximate surface area is 145 Å². The summed E-state index contributed by atoms with van der Waals surface area (Å²) in [5, 5.41) is 8.86. The minimum atomic E-state index is -1.14. The van der Waals surface area contributed by atoms with Crippen molar-refractivity contribution >= 4 is 11.6 Å². The lowest BCUT2D eigenvalue weighted by Gasteiger charge is -2.37. The van der Waals surface area contributed by atoms with E-state index in [1.165, 1.54) is 44.9 Å². The first kappa shape index (κ1) is 17.9. The van der Waals surface area contributed by atoms with Gasteiger partial charge in [0.05, 0.1) is 24.2 Å². The third-order valence-corrected chi connectivity index (χ3v) is 7.07. The average Bonchev–Trinajstić information content (AvgIpc) is 2.60. The van der Waals surface area contributed by atoms with E-state index >= 15 is 0 Å². The summed E-state index contributed by atoms with van der Waals surface area (Å²) in [6.07, 6.45) is 11.7. The normalized spacial score (nSPS) is 43.4. The van der Waals surface area contributed by atoms with Gasteiger partial charge in [-0.1, -0.05) is 32.1 Å². The standard InChI is InChI=1S/C19H32ClFO2/c20-18-17(22)11-8-15(19(18)21)12-23-16-9-6-14(7-10-16)13-4-2-1-3-5-13/h13-19,22H,1-12H2. The van der Waals surface area contributed by atoms with Gasteiger partial charge in [0.2, 0.25) is 0 Å². The summed E-state index contributed by atoms with van der Waals surface area (Å²) in [4.78, 5) is 0. The molecular formula is C19H32ClFO2. The molecule has 134 valence electrons. The van der Waals surface area contributed by atoms with Crippen molar-refractivity contribution < 1.29 is 14.2 Å². The highest BCUT2D eigenvalue weighted by atomic mass is 35.5. The monoisotopic (exact) mass is 346 g/mol. The predicted octanol–water partition coefficient (Wildman–Crippen LogP) is 4.86. The topological polar surface area (TPSA) is 29.5 Å². The number of ether oxygens (including phenoxy) is 1. The first-order chi connectivity index (χ1) is 11.1. The molecule has 2 nitrogen and oxygen atoms in total. The van der Waals surface area contributed by atoms with Crippen LogP contribution in [0.2, 0.25) is 0 Å². The fourth-order valence-electron chi connectivity index (χ4n) is 4.94. The van der Waals surface area contributed by atoms with Gasteiger partial charge in [-0.25, -0.2) is 4.39 Å². The van der Waals surface area contributed by atoms with Gasteiger partial charge in [0.25, 0.3) is 0 Å². The second kappa shape index (κ2) is 8.49. The second-order valence-corrected chi connectivity index (χ2v) is 8.57. The van der Waals surface area contributed by atoms with Gasteiger partial charge in [-0.3, -0.25) is 0 Å². The van der Waals surface area contributed by atoms with E-state index in [0.29, 0.717) is 25.6 Å². The van der Waals surface area contributed by atoms with Gasteiger partial charge in [0, 0.05) is 5.92 Å². The average molecular weight is 347 g/mol. The molecule has 3 rings (SSSR count). The maximum atomic E-state index is 14.2. The van der Waals surface area contributed by atoms with E-state index in [4.69, 9.17) is 16.3 Å². The summed E-state index contributed by atoms with van der Waals surface area (Å²) in [5.74, 6) is 1.72. The molecule has 0 spiro atoms. The summed E-state index contributed by atoms with van der Waals surface area (Å²) in [5.41, 5.74) is 0. The van der Waals surface area contributed by atoms with Crippen LogP contribution < -0.4 is 0 Å². The quantitative estimate of drug-likeness (QED) is 0.737. The first-order valence-corrected chi connectivity index (χ1v) is 10.2. The van der Waals surface area contributed by atoms with Crippen LogP contribution in [0.4, 0.5) is 4.39 Å². The SMILES string of the molecule is OC1CCC(COC2CCC(C3CCCCC3)CC2)C(F)C1Cl. The molecule has 0 aromatic heterocycles. The zero-order chi connectivity index (χ0) is 16.2. The Balaban J connectivity index is 1.37. The van der Waals surface area contributed by atoms with Gasteiger partial charge in [0.1, 0.15) is 6.17 Å². The first-order valence-electron chi connectivity index (χ1n) is 9.73. The van der Waals surface area contributed by atoms with E-state index in [2.05, 4.69) is 0 Å². The number of hydrogen-bond acceptors (Lipinski definition) is 2. The van der Waals surface area contributed by atoms with Crippen LogP contribution in [0.5, 0.6) is 0 Å². The number of aliphatic hydroxyl groups is 1. The summed E-state index contributed by atoms with van der Waals surface area (Å²) in [6, 6.07) is 0. The van der Waals surface area contributed by atoms with Crippen LogP contribution in [0.1, 0.15) is 70.6 Å². The van der Waals surface area contributed by atoms with E-state index in [-0.39, 0.29) is 5.92 Å². The molecule has 0 aliphatic heterocycles. The molecule has 4 heteroatoms. The third-order valence-electron chi connectivity index (χ3n) is 6.54. The molecule has 0 heterocycles. The third kappa shape index (κ3) is 4.61. The molecule has 0 aromatic carbocycles. The maximum absolute atomic E-state index is 14.2. The summed E-state index contributed by atoms with van der Waals surface area (Å²) in [7, 11) is 0. The van der Waals surface area contributed by atoms with Crippen molar-refractivity contribution in [2.75, 3.05) is 6.61 Å². The lowest BCUT2D eigenvalue weighted by molar-refractivity contribution is -0.0415. The fourth-order valence-corrected chi connectivity index (χ4v) is 5.27. The highest BCUT2D eigenvalue weighted by Crippen LogP contribution is 2.39. The van der Waals surface area contributed by atoms with Crippen molar-refractivity contribution in [2.45, 2.75) is 94.4 Å². The zero-order valence-electron chi connectivity index (χ0n) is 14.1. The molecule has 3 saturated carbocycles. The Morgan fingerprint density at radius 1 is 0.870 bits per heavy atom. The van der Waals surface area contributed by atoms with Crippen LogP contribution in [0.25, 0.3) is 0 Å². The number of hydrogen-bond donors (Lipinski definition) is 1. The van der Waals surface area contributed by atoms with Gasteiger partial charge >= 0.3 is 0 Å². The second-order valence-electron chi connectivity index (χ2n) is 8.06. The molecule has 3 aliphatic carbocycles. The van der Waals surface area contributed by atoms with Gasteiger partial charge in [-0.15, -0.1) is 11.6 Å². The Hall–Kier alpha value is 0.140. The number of aliphatic hydroxyl groups excluding tert-OH is 1. The van der Waals surface area contributed by atoms with E-state index < -0.39 is 17.7 Å². The Kier molecular flexibility index (Phi) is 6.62. The Bertz CT molecular complexity index is 353. The largest absolute Gasteiger partial charge is 0.391 e. The predicted molar refractivity (Wildman–Crippen MR) is 91.5 cm³/mol. The number of halogens is 2. The van der Waals surface area contributed by atoms with Gasteiger partial charge in [-0.05, 0) is 50.4 Å². The van der Waals surface area contributed by atoms with Crippen molar-refractivity contribution in [3.63, 3.8) is 0 Å². The summed E-state index contributed by atoms with van der Waals surface area (Å²) >= 11 is 5.96. The minimum absolute atomic E-state index is 0.142. The zero-order valence-corrected chi connectivity index (χ0v) is 14.9. The molecule has 3 fully saturated rings. The summed E-state index contributed by atoms with van der Waals surface area (Å²) < 4.78 is 20.2. The van der Waals surface area contributed by atoms with Crippen molar-refractivity contribution in [1.29, 1.82) is 0 Å². The van der Waals surface area contributed by atoms with Gasteiger partial charge < -0.3 is 9.84 Å². The Morgan fingerprint density at radius 2 is 1.52 bits per heavy atom. The number of alkyl halides is 2. The lowest BCUT2D eigenvalue weighted by Crippen LogP contribution is -2.42. The van der Waals surface area contributed by atoms with Gasteiger partial charge in [-0.2, -0.15) is 0 Å². The van der Waals surface area contributed by atoms with Crippen molar-refractivity contribution in [3.8, 4) is 0 Å². The van der Waals surface area contributed by atoms with Crippen LogP contribution in [0, 0.1) is 17.8 Å². The van der Waals surface area contributed by atoms with E-state index in [1.54, 1.807) is 0 Å². The van der Waals surface area contributed by atoms with E-state index in [0.717, 1.165) is 24.7 Å². The molecule has 3 aliphatic rings. The number of rotatable bonds is 4. The van der Waals surface area contributed by atoms with Crippen molar-refractivity contribution in [1.82, 2.24) is 0 Å². The molecule has 1 N–H and O–H groups in total. The molecule has 4 unspecified atom stereocenters. The van der Waals surface area contributed by atoms with Crippen LogP contribution in [-0.2, 0) is 4.74 Å². The molecule has 0 saturated heterocycles. The summed E-state index contributed by atoms with van der Waals surface area (Å²) in [6.45, 7) is 0.468. The van der Waals surface area contributed by atoms with Crippen LogP contribution in [0.15, 0.2) is 0 Å². The molecule has 0 bridgehead atoms. The molecular weight excluding hydrogens is 315 g/mol. The fraction of sp³-hybridized carbons (Fsp3) is 1.00. The van der Waals surface area contributed by atoms with E-state index in [9.17, 15) is 9.50 Å². The molecule has 0 amide bonds. The molecule has 0 aromatic rings. The smallest absolute Gasteiger partial charge is 0.124 e. The van der Waals surface area contributed by atoms with Crippen molar-refractivity contribution in [3.05, 3.63) is 0 Å². The molecule has 0 radical (unpaired) electrons. The van der Waals surface area contributed by atoms with Crippen LogP contribution in [0.3, 0.4) is 0 Å². The molecule has 4 atom stereocenters. The van der Waals surface area contributed by atoms with E-state index in [1.807, 2.05) is 0 Å². The highest BCUT2D eigenvalue weighted by molar-refractivity contribution is 6.21. The molecule has 23 heavy (non-hydrogen) atoms. The Morgan fingerprint density at radius 3 is 2.22 bits per heavy atom. The van der Waals surface area contributed by atoms with Gasteiger partial charge in [0.15, 0.2) is 0 Å².